The van der Waals surface area contributed by atoms with Crippen LogP contribution in [0.25, 0.3) is 0 Å². The van der Waals surface area contributed by atoms with E-state index in [9.17, 15) is 22.9 Å². The SMILES string of the molecule is O=Nc1ccc(NC2CCN(C(=O)CCN3CCN(C4CCCCC4)CC3)CC2)cc1C(F)(F)F. The molecule has 1 amide bonds. The van der Waals surface area contributed by atoms with Gasteiger partial charge in [-0.25, -0.2) is 0 Å². The summed E-state index contributed by atoms with van der Waals surface area (Å²) >= 11 is 0. The number of likely N-dealkylation sites (tertiary alicyclic amines) is 1. The summed E-state index contributed by atoms with van der Waals surface area (Å²) in [5, 5.41) is 5.61. The van der Waals surface area contributed by atoms with Crippen molar-refractivity contribution in [2.24, 2.45) is 5.18 Å². The fraction of sp³-hybridized carbons (Fsp3) is 0.720. The van der Waals surface area contributed by atoms with Crippen LogP contribution >= 0.6 is 0 Å². The Balaban J connectivity index is 1.17. The fourth-order valence-electron chi connectivity index (χ4n) is 5.65. The first kappa shape index (κ1) is 25.9. The Morgan fingerprint density at radius 2 is 1.66 bits per heavy atom. The van der Waals surface area contributed by atoms with Gasteiger partial charge in [0, 0.05) is 70.0 Å². The summed E-state index contributed by atoms with van der Waals surface area (Å²) in [5.74, 6) is 0.152. The number of nitrogens with one attached hydrogen (secondary N) is 1. The van der Waals surface area contributed by atoms with Crippen molar-refractivity contribution in [3.05, 3.63) is 28.7 Å². The maximum Gasteiger partial charge on any atom is 0.418 e. The Morgan fingerprint density at radius 3 is 2.29 bits per heavy atom. The first-order valence-electron chi connectivity index (χ1n) is 12.9. The minimum Gasteiger partial charge on any atom is -0.382 e. The number of anilines is 1. The van der Waals surface area contributed by atoms with E-state index >= 15 is 0 Å². The van der Waals surface area contributed by atoms with Crippen molar-refractivity contribution in [2.45, 2.75) is 69.6 Å². The van der Waals surface area contributed by atoms with Crippen LogP contribution in [0.1, 0.15) is 56.9 Å². The molecule has 2 heterocycles. The van der Waals surface area contributed by atoms with E-state index in [2.05, 4.69) is 20.3 Å². The van der Waals surface area contributed by atoms with Crippen LogP contribution in [0.5, 0.6) is 0 Å². The first-order valence-corrected chi connectivity index (χ1v) is 12.9. The van der Waals surface area contributed by atoms with Gasteiger partial charge in [0.1, 0.15) is 5.69 Å². The van der Waals surface area contributed by atoms with Crippen LogP contribution in [0.2, 0.25) is 0 Å². The molecule has 0 radical (unpaired) electrons. The smallest absolute Gasteiger partial charge is 0.382 e. The second kappa shape index (κ2) is 11.7. The number of hydrogen-bond acceptors (Lipinski definition) is 6. The van der Waals surface area contributed by atoms with Gasteiger partial charge in [0.15, 0.2) is 0 Å². The van der Waals surface area contributed by atoms with Crippen molar-refractivity contribution in [2.75, 3.05) is 51.1 Å². The molecular weight excluding hydrogens is 459 g/mol. The summed E-state index contributed by atoms with van der Waals surface area (Å²) in [4.78, 5) is 30.3. The van der Waals surface area contributed by atoms with Gasteiger partial charge in [0.2, 0.25) is 5.91 Å². The highest BCUT2D eigenvalue weighted by atomic mass is 19.4. The molecule has 1 saturated carbocycles. The molecule has 1 aliphatic carbocycles. The largest absolute Gasteiger partial charge is 0.418 e. The molecule has 1 N–H and O–H groups in total. The summed E-state index contributed by atoms with van der Waals surface area (Å²) < 4.78 is 39.5. The maximum atomic E-state index is 13.2. The van der Waals surface area contributed by atoms with Crippen molar-refractivity contribution < 1.29 is 18.0 Å². The fourth-order valence-corrected chi connectivity index (χ4v) is 5.65. The van der Waals surface area contributed by atoms with Gasteiger partial charge in [-0.1, -0.05) is 19.3 Å². The van der Waals surface area contributed by atoms with E-state index in [1.807, 2.05) is 4.90 Å². The number of benzene rings is 1. The predicted octanol–water partition coefficient (Wildman–Crippen LogP) is 4.85. The number of nitroso groups, excluding NO2 is 1. The average molecular weight is 496 g/mol. The van der Waals surface area contributed by atoms with E-state index in [1.54, 1.807) is 0 Å². The standard InChI is InChI=1S/C25H36F3N5O2/c26-25(27,28)22-18-20(6-7-23(22)30-35)29-19-8-12-33(13-9-19)24(34)10-11-31-14-16-32(17-15-31)21-4-2-1-3-5-21/h6-7,18-19,21,29H,1-5,8-17H2. The summed E-state index contributed by atoms with van der Waals surface area (Å²) in [6.45, 7) is 6.19. The summed E-state index contributed by atoms with van der Waals surface area (Å²) in [6, 6.07) is 4.19. The molecule has 0 spiro atoms. The van der Waals surface area contributed by atoms with Crippen LogP contribution in [0, 0.1) is 4.91 Å². The van der Waals surface area contributed by atoms with Crippen molar-refractivity contribution in [3.8, 4) is 0 Å². The molecule has 4 rings (SSSR count). The van der Waals surface area contributed by atoms with Gasteiger partial charge in [-0.15, -0.1) is 4.91 Å². The number of alkyl halides is 3. The molecule has 1 aromatic rings. The quantitative estimate of drug-likeness (QED) is 0.548. The Bertz CT molecular complexity index is 859. The lowest BCUT2D eigenvalue weighted by molar-refractivity contribution is -0.137. The molecule has 1 aromatic carbocycles. The number of rotatable bonds is 7. The van der Waals surface area contributed by atoms with Crippen molar-refractivity contribution in [1.29, 1.82) is 0 Å². The Kier molecular flexibility index (Phi) is 8.64. The van der Waals surface area contributed by atoms with Gasteiger partial charge in [-0.3, -0.25) is 9.69 Å². The third-order valence-corrected chi connectivity index (χ3v) is 7.76. The molecule has 194 valence electrons. The summed E-state index contributed by atoms with van der Waals surface area (Å²) in [7, 11) is 0. The Hall–Kier alpha value is -2.20. The van der Waals surface area contributed by atoms with Gasteiger partial charge in [0.25, 0.3) is 0 Å². The third-order valence-electron chi connectivity index (χ3n) is 7.76. The number of halogens is 3. The lowest BCUT2D eigenvalue weighted by Gasteiger charge is -2.41. The van der Waals surface area contributed by atoms with Gasteiger partial charge in [-0.05, 0) is 49.1 Å². The van der Waals surface area contributed by atoms with Crippen LogP contribution < -0.4 is 5.32 Å². The van der Waals surface area contributed by atoms with E-state index in [1.165, 1.54) is 38.2 Å². The van der Waals surface area contributed by atoms with Crippen molar-refractivity contribution >= 4 is 17.3 Å². The van der Waals surface area contributed by atoms with E-state index < -0.39 is 17.4 Å². The van der Waals surface area contributed by atoms with E-state index in [-0.39, 0.29) is 11.9 Å². The zero-order chi connectivity index (χ0) is 24.8. The lowest BCUT2D eigenvalue weighted by Crippen LogP contribution is -2.51. The Labute approximate surface area is 205 Å². The number of carbonyl (C=O) groups excluding carboxylic acids is 1. The number of amides is 1. The monoisotopic (exact) mass is 495 g/mol. The second-order valence-corrected chi connectivity index (χ2v) is 10.0. The molecule has 10 heteroatoms. The van der Waals surface area contributed by atoms with Crippen LogP contribution in [0.4, 0.5) is 24.5 Å². The maximum absolute atomic E-state index is 13.2. The summed E-state index contributed by atoms with van der Waals surface area (Å²) in [6.07, 6.45) is 3.94. The third kappa shape index (κ3) is 6.94. The molecule has 0 atom stereocenters. The zero-order valence-electron chi connectivity index (χ0n) is 20.2. The topological polar surface area (TPSA) is 68.2 Å². The number of carbonyl (C=O) groups is 1. The first-order chi connectivity index (χ1) is 16.8. The highest BCUT2D eigenvalue weighted by Crippen LogP contribution is 2.38. The van der Waals surface area contributed by atoms with Gasteiger partial charge >= 0.3 is 6.18 Å². The highest BCUT2D eigenvalue weighted by Gasteiger charge is 2.35. The van der Waals surface area contributed by atoms with E-state index in [4.69, 9.17) is 0 Å². The van der Waals surface area contributed by atoms with Crippen molar-refractivity contribution in [3.63, 3.8) is 0 Å². The van der Waals surface area contributed by atoms with E-state index in [0.29, 0.717) is 38.0 Å². The van der Waals surface area contributed by atoms with Crippen LogP contribution in [0.3, 0.4) is 0 Å². The molecular formula is C25H36F3N5O2. The molecule has 2 saturated heterocycles. The minimum atomic E-state index is -4.64. The molecule has 0 unspecified atom stereocenters. The number of piperazine rings is 1. The van der Waals surface area contributed by atoms with Crippen molar-refractivity contribution in [1.82, 2.24) is 14.7 Å². The molecule has 0 bridgehead atoms. The number of piperidine rings is 1. The molecule has 7 nitrogen and oxygen atoms in total. The van der Waals surface area contributed by atoms with Gasteiger partial charge in [-0.2, -0.15) is 13.2 Å². The Morgan fingerprint density at radius 1 is 0.971 bits per heavy atom. The van der Waals surface area contributed by atoms with Crippen LogP contribution in [-0.4, -0.2) is 78.5 Å². The lowest BCUT2D eigenvalue weighted by atomic mass is 9.94. The molecule has 0 aromatic heterocycles. The zero-order valence-corrected chi connectivity index (χ0v) is 20.2. The number of nitrogens with zero attached hydrogens (tertiary/aromatic N) is 4. The number of hydrogen-bond donors (Lipinski definition) is 1. The van der Waals surface area contributed by atoms with E-state index in [0.717, 1.165) is 50.9 Å². The molecule has 35 heavy (non-hydrogen) atoms. The minimum absolute atomic E-state index is 0.0250. The molecule has 2 aliphatic heterocycles. The predicted molar refractivity (Wildman–Crippen MR) is 130 cm³/mol. The average Bonchev–Trinajstić information content (AvgIpc) is 2.88. The molecule has 3 fully saturated rings. The normalized spacial score (nSPS) is 21.7. The molecule has 3 aliphatic rings. The van der Waals surface area contributed by atoms with Crippen LogP contribution in [0.15, 0.2) is 23.4 Å². The second-order valence-electron chi connectivity index (χ2n) is 10.0. The van der Waals surface area contributed by atoms with Gasteiger partial charge < -0.3 is 15.1 Å². The van der Waals surface area contributed by atoms with Gasteiger partial charge in [0.05, 0.1) is 5.56 Å². The van der Waals surface area contributed by atoms with Crippen LogP contribution in [-0.2, 0) is 11.0 Å². The highest BCUT2D eigenvalue weighted by molar-refractivity contribution is 5.76. The summed E-state index contributed by atoms with van der Waals surface area (Å²) in [5.41, 5.74) is -1.34.